The number of carbonyl (C=O) groups is 1. The molecule has 0 fully saturated rings. The summed E-state index contributed by atoms with van der Waals surface area (Å²) in [5.74, 6) is 0.181. The van der Waals surface area contributed by atoms with E-state index in [1.807, 2.05) is 35.8 Å². The summed E-state index contributed by atoms with van der Waals surface area (Å²) in [6.07, 6.45) is 1.67. The Labute approximate surface area is 165 Å². The predicted octanol–water partition coefficient (Wildman–Crippen LogP) is 4.69. The van der Waals surface area contributed by atoms with Crippen molar-refractivity contribution < 1.29 is 4.79 Å². The molecular formula is C19H19BrN4OS. The molecule has 26 heavy (non-hydrogen) atoms. The standard InChI is InChI=1S/C19H19BrN4OS/c1-12-5-7-16(8-14(12)3)24-11-21-23-19(24)26-10-18(25)22-17-9-15(20)6-4-13(17)2/h4-9,11H,10H2,1-3H3,(H,22,25). The number of thioether (sulfide) groups is 1. The fourth-order valence-electron chi connectivity index (χ4n) is 2.42. The molecule has 0 atom stereocenters. The summed E-state index contributed by atoms with van der Waals surface area (Å²) < 4.78 is 2.83. The third-order valence-electron chi connectivity index (χ3n) is 4.09. The zero-order valence-corrected chi connectivity index (χ0v) is 17.2. The summed E-state index contributed by atoms with van der Waals surface area (Å²) in [5.41, 5.74) is 5.25. The van der Waals surface area contributed by atoms with Crippen LogP contribution < -0.4 is 5.32 Å². The minimum Gasteiger partial charge on any atom is -0.325 e. The second-order valence-corrected chi connectivity index (χ2v) is 7.91. The summed E-state index contributed by atoms with van der Waals surface area (Å²) in [5, 5.41) is 11.8. The van der Waals surface area contributed by atoms with Gasteiger partial charge in [0.1, 0.15) is 6.33 Å². The number of amides is 1. The van der Waals surface area contributed by atoms with E-state index in [1.165, 1.54) is 22.9 Å². The normalized spacial score (nSPS) is 10.8. The molecule has 0 saturated carbocycles. The molecule has 1 N–H and O–H groups in total. The van der Waals surface area contributed by atoms with Crippen molar-refractivity contribution in [3.63, 3.8) is 0 Å². The first-order valence-corrected chi connectivity index (χ1v) is 9.88. The Kier molecular flexibility index (Phi) is 5.78. The highest BCUT2D eigenvalue weighted by atomic mass is 79.9. The number of halogens is 1. The van der Waals surface area contributed by atoms with E-state index in [2.05, 4.69) is 57.4 Å². The second kappa shape index (κ2) is 8.05. The van der Waals surface area contributed by atoms with Crippen LogP contribution in [-0.4, -0.2) is 26.4 Å². The first-order chi connectivity index (χ1) is 12.4. The van der Waals surface area contributed by atoms with Crippen LogP contribution in [0.3, 0.4) is 0 Å². The van der Waals surface area contributed by atoms with E-state index in [4.69, 9.17) is 0 Å². The number of aryl methyl sites for hydroxylation is 3. The van der Waals surface area contributed by atoms with Gasteiger partial charge < -0.3 is 5.32 Å². The Balaban J connectivity index is 1.69. The molecule has 0 bridgehead atoms. The lowest BCUT2D eigenvalue weighted by atomic mass is 10.1. The molecule has 0 aliphatic carbocycles. The molecular weight excluding hydrogens is 412 g/mol. The van der Waals surface area contributed by atoms with Crippen molar-refractivity contribution >= 4 is 39.3 Å². The lowest BCUT2D eigenvalue weighted by Crippen LogP contribution is -2.15. The Morgan fingerprint density at radius 1 is 1.12 bits per heavy atom. The zero-order chi connectivity index (χ0) is 18.7. The zero-order valence-electron chi connectivity index (χ0n) is 14.8. The van der Waals surface area contributed by atoms with Crippen molar-refractivity contribution in [2.24, 2.45) is 0 Å². The number of rotatable bonds is 5. The first-order valence-electron chi connectivity index (χ1n) is 8.10. The third-order valence-corrected chi connectivity index (χ3v) is 5.53. The first kappa shape index (κ1) is 18.7. The lowest BCUT2D eigenvalue weighted by molar-refractivity contribution is -0.113. The van der Waals surface area contributed by atoms with Crippen LogP contribution in [0.1, 0.15) is 16.7 Å². The van der Waals surface area contributed by atoms with Gasteiger partial charge in [0.15, 0.2) is 5.16 Å². The van der Waals surface area contributed by atoms with Crippen LogP contribution in [0.2, 0.25) is 0 Å². The highest BCUT2D eigenvalue weighted by Gasteiger charge is 2.12. The Hall–Kier alpha value is -2.12. The van der Waals surface area contributed by atoms with Crippen molar-refractivity contribution in [2.45, 2.75) is 25.9 Å². The predicted molar refractivity (Wildman–Crippen MR) is 109 cm³/mol. The third kappa shape index (κ3) is 4.34. The maximum atomic E-state index is 12.3. The Bertz CT molecular complexity index is 954. The van der Waals surface area contributed by atoms with Crippen LogP contribution in [0, 0.1) is 20.8 Å². The fraction of sp³-hybridized carbons (Fsp3) is 0.211. The minimum atomic E-state index is -0.0779. The van der Waals surface area contributed by atoms with Crippen LogP contribution in [-0.2, 0) is 4.79 Å². The van der Waals surface area contributed by atoms with Gasteiger partial charge in [-0.15, -0.1) is 10.2 Å². The number of aromatic nitrogens is 3. The molecule has 0 radical (unpaired) electrons. The van der Waals surface area contributed by atoms with E-state index in [0.29, 0.717) is 5.16 Å². The van der Waals surface area contributed by atoms with Gasteiger partial charge in [0.25, 0.3) is 0 Å². The molecule has 5 nitrogen and oxygen atoms in total. The highest BCUT2D eigenvalue weighted by molar-refractivity contribution is 9.10. The molecule has 0 saturated heterocycles. The van der Waals surface area contributed by atoms with Crippen molar-refractivity contribution in [3.05, 3.63) is 63.9 Å². The van der Waals surface area contributed by atoms with Crippen LogP contribution in [0.4, 0.5) is 5.69 Å². The average molecular weight is 431 g/mol. The van der Waals surface area contributed by atoms with Crippen molar-refractivity contribution in [1.82, 2.24) is 14.8 Å². The number of nitrogens with zero attached hydrogens (tertiary/aromatic N) is 3. The topological polar surface area (TPSA) is 59.8 Å². The molecule has 1 amide bonds. The van der Waals surface area contributed by atoms with E-state index in [1.54, 1.807) is 6.33 Å². The molecule has 7 heteroatoms. The van der Waals surface area contributed by atoms with Crippen LogP contribution in [0.5, 0.6) is 0 Å². The Morgan fingerprint density at radius 3 is 2.65 bits per heavy atom. The number of carbonyl (C=O) groups excluding carboxylic acids is 1. The maximum Gasteiger partial charge on any atom is 0.234 e. The number of anilines is 1. The smallest absolute Gasteiger partial charge is 0.234 e. The van der Waals surface area contributed by atoms with Crippen LogP contribution in [0.25, 0.3) is 5.69 Å². The van der Waals surface area contributed by atoms with Gasteiger partial charge in [-0.2, -0.15) is 0 Å². The summed E-state index contributed by atoms with van der Waals surface area (Å²) in [6, 6.07) is 12.0. The molecule has 2 aromatic carbocycles. The summed E-state index contributed by atoms with van der Waals surface area (Å²) in [7, 11) is 0. The van der Waals surface area contributed by atoms with Crippen molar-refractivity contribution in [2.75, 3.05) is 11.1 Å². The highest BCUT2D eigenvalue weighted by Crippen LogP contribution is 2.23. The largest absolute Gasteiger partial charge is 0.325 e. The van der Waals surface area contributed by atoms with E-state index in [9.17, 15) is 4.79 Å². The molecule has 3 rings (SSSR count). The summed E-state index contributed by atoms with van der Waals surface area (Å²) in [4.78, 5) is 12.3. The van der Waals surface area contributed by atoms with E-state index < -0.39 is 0 Å². The number of nitrogens with one attached hydrogen (secondary N) is 1. The van der Waals surface area contributed by atoms with Gasteiger partial charge in [-0.1, -0.05) is 39.8 Å². The fourth-order valence-corrected chi connectivity index (χ4v) is 3.51. The van der Waals surface area contributed by atoms with E-state index in [0.717, 1.165) is 21.4 Å². The molecule has 3 aromatic rings. The number of hydrogen-bond acceptors (Lipinski definition) is 4. The second-order valence-electron chi connectivity index (χ2n) is 6.05. The summed E-state index contributed by atoms with van der Waals surface area (Å²) in [6.45, 7) is 6.12. The molecule has 0 unspecified atom stereocenters. The molecule has 1 aromatic heterocycles. The SMILES string of the molecule is Cc1ccc(-n2cnnc2SCC(=O)Nc2cc(Br)ccc2C)cc1C. The molecule has 1 heterocycles. The van der Waals surface area contributed by atoms with E-state index >= 15 is 0 Å². The average Bonchev–Trinajstić information content (AvgIpc) is 3.07. The lowest BCUT2D eigenvalue weighted by Gasteiger charge is -2.10. The van der Waals surface area contributed by atoms with Gasteiger partial charge in [0, 0.05) is 15.8 Å². The molecule has 134 valence electrons. The molecule has 0 aliphatic rings. The quantitative estimate of drug-likeness (QED) is 0.596. The summed E-state index contributed by atoms with van der Waals surface area (Å²) >= 11 is 4.79. The van der Waals surface area contributed by atoms with Gasteiger partial charge in [0.05, 0.1) is 5.75 Å². The van der Waals surface area contributed by atoms with Crippen LogP contribution >= 0.6 is 27.7 Å². The van der Waals surface area contributed by atoms with Gasteiger partial charge in [-0.25, -0.2) is 0 Å². The number of benzene rings is 2. The van der Waals surface area contributed by atoms with Gasteiger partial charge in [-0.05, 0) is 61.7 Å². The van der Waals surface area contributed by atoms with Gasteiger partial charge in [-0.3, -0.25) is 9.36 Å². The van der Waals surface area contributed by atoms with Crippen molar-refractivity contribution in [3.8, 4) is 5.69 Å². The van der Waals surface area contributed by atoms with Crippen molar-refractivity contribution in [1.29, 1.82) is 0 Å². The van der Waals surface area contributed by atoms with Gasteiger partial charge in [0.2, 0.25) is 5.91 Å². The molecule has 0 aliphatic heterocycles. The van der Waals surface area contributed by atoms with Crippen LogP contribution in [0.15, 0.2) is 52.4 Å². The van der Waals surface area contributed by atoms with E-state index in [-0.39, 0.29) is 11.7 Å². The maximum absolute atomic E-state index is 12.3. The van der Waals surface area contributed by atoms with Gasteiger partial charge >= 0.3 is 0 Å². The number of hydrogen-bond donors (Lipinski definition) is 1. The monoisotopic (exact) mass is 430 g/mol. The minimum absolute atomic E-state index is 0.0779. The molecule has 0 spiro atoms. The Morgan fingerprint density at radius 2 is 1.88 bits per heavy atom.